The Hall–Kier alpha value is -6.84. The first kappa shape index (κ1) is 28.0. The second-order valence-electron chi connectivity index (χ2n) is 13.4. The number of para-hydroxylation sites is 4. The van der Waals surface area contributed by atoms with Gasteiger partial charge in [0, 0.05) is 49.4 Å². The number of aromatic nitrogens is 3. The third-order valence-corrected chi connectivity index (χ3v) is 10.6. The van der Waals surface area contributed by atoms with Gasteiger partial charge in [0.05, 0.1) is 33.1 Å². The van der Waals surface area contributed by atoms with Crippen LogP contribution in [-0.4, -0.2) is 13.7 Å². The topological polar surface area (TPSA) is 14.8 Å². The fourth-order valence-electron chi connectivity index (χ4n) is 8.38. The zero-order chi connectivity index (χ0) is 33.5. The maximum absolute atomic E-state index is 2.46. The van der Waals surface area contributed by atoms with Gasteiger partial charge in [-0.1, -0.05) is 115 Å². The number of hydrogen-bond acceptors (Lipinski definition) is 0. The molecule has 11 aromatic rings. The van der Waals surface area contributed by atoms with Gasteiger partial charge in [0.2, 0.25) is 0 Å². The summed E-state index contributed by atoms with van der Waals surface area (Å²) in [6.07, 6.45) is 0. The Morgan fingerprint density at radius 1 is 0.216 bits per heavy atom. The van der Waals surface area contributed by atoms with Gasteiger partial charge in [0.1, 0.15) is 0 Å². The van der Waals surface area contributed by atoms with Crippen molar-refractivity contribution >= 4 is 65.4 Å². The Morgan fingerprint density at radius 2 is 0.608 bits per heavy atom. The van der Waals surface area contributed by atoms with Crippen LogP contribution in [0.5, 0.6) is 0 Å². The zero-order valence-electron chi connectivity index (χ0n) is 27.7. The van der Waals surface area contributed by atoms with Gasteiger partial charge in [-0.05, 0) is 83.9 Å². The monoisotopic (exact) mass is 649 g/mol. The number of benzene rings is 8. The molecule has 8 aromatic carbocycles. The van der Waals surface area contributed by atoms with Crippen LogP contribution in [0.4, 0.5) is 0 Å². The molecule has 0 saturated carbocycles. The van der Waals surface area contributed by atoms with E-state index in [-0.39, 0.29) is 0 Å². The van der Waals surface area contributed by atoms with Crippen molar-refractivity contribution in [3.05, 3.63) is 188 Å². The van der Waals surface area contributed by atoms with Crippen LogP contribution in [0.2, 0.25) is 0 Å². The van der Waals surface area contributed by atoms with Gasteiger partial charge in [-0.3, -0.25) is 0 Å². The van der Waals surface area contributed by atoms with E-state index in [1.54, 1.807) is 0 Å². The molecule has 0 unspecified atom stereocenters. The van der Waals surface area contributed by atoms with E-state index < -0.39 is 0 Å². The molecule has 51 heavy (non-hydrogen) atoms. The molecule has 0 atom stereocenters. The molecule has 0 aliphatic rings. The van der Waals surface area contributed by atoms with Gasteiger partial charge in [0.25, 0.3) is 0 Å². The average molecular weight is 650 g/mol. The summed E-state index contributed by atoms with van der Waals surface area (Å²) in [6.45, 7) is 0. The first-order valence-electron chi connectivity index (χ1n) is 17.5. The maximum atomic E-state index is 2.46. The Morgan fingerprint density at radius 3 is 1.20 bits per heavy atom. The molecule has 0 N–H and O–H groups in total. The van der Waals surface area contributed by atoms with Crippen molar-refractivity contribution in [2.75, 3.05) is 0 Å². The molecular weight excluding hydrogens is 619 g/mol. The number of hydrogen-bond donors (Lipinski definition) is 0. The predicted octanol–water partition coefficient (Wildman–Crippen LogP) is 12.6. The minimum Gasteiger partial charge on any atom is -0.309 e. The summed E-state index contributed by atoms with van der Waals surface area (Å²) in [7, 11) is 0. The minimum atomic E-state index is 1.15. The lowest BCUT2D eigenvalue weighted by atomic mass is 10.1. The van der Waals surface area contributed by atoms with Crippen molar-refractivity contribution < 1.29 is 0 Å². The van der Waals surface area contributed by atoms with E-state index in [9.17, 15) is 0 Å². The second-order valence-corrected chi connectivity index (χ2v) is 13.4. The van der Waals surface area contributed by atoms with E-state index in [0.29, 0.717) is 0 Å². The fourth-order valence-corrected chi connectivity index (χ4v) is 8.38. The van der Waals surface area contributed by atoms with E-state index in [1.807, 2.05) is 0 Å². The third-order valence-electron chi connectivity index (χ3n) is 10.6. The van der Waals surface area contributed by atoms with Crippen molar-refractivity contribution in [2.24, 2.45) is 0 Å². The lowest BCUT2D eigenvalue weighted by molar-refractivity contribution is 1.16. The van der Waals surface area contributed by atoms with Crippen LogP contribution in [0.1, 0.15) is 0 Å². The molecule has 0 aliphatic heterocycles. The maximum Gasteiger partial charge on any atom is 0.0562 e. The summed E-state index contributed by atoms with van der Waals surface area (Å²) in [5.74, 6) is 0. The highest BCUT2D eigenvalue weighted by Gasteiger charge is 2.20. The summed E-state index contributed by atoms with van der Waals surface area (Å²) in [4.78, 5) is 0. The van der Waals surface area contributed by atoms with Gasteiger partial charge in [-0.15, -0.1) is 0 Å². The molecule has 0 radical (unpaired) electrons. The van der Waals surface area contributed by atoms with E-state index >= 15 is 0 Å². The molecule has 0 aliphatic carbocycles. The Bertz CT molecular complexity index is 3110. The van der Waals surface area contributed by atoms with Crippen LogP contribution in [0.25, 0.3) is 93.6 Å². The second kappa shape index (κ2) is 10.8. The molecule has 0 bridgehead atoms. The lowest BCUT2D eigenvalue weighted by Crippen LogP contribution is -1.96. The number of nitrogens with zero attached hydrogens (tertiary/aromatic N) is 3. The van der Waals surface area contributed by atoms with Crippen LogP contribution in [0, 0.1) is 0 Å². The molecule has 3 aromatic heterocycles. The van der Waals surface area contributed by atoms with Gasteiger partial charge in [-0.25, -0.2) is 0 Å². The minimum absolute atomic E-state index is 1.15. The quantitative estimate of drug-likeness (QED) is 0.180. The van der Waals surface area contributed by atoms with Crippen molar-refractivity contribution in [1.29, 1.82) is 0 Å². The molecule has 0 fully saturated rings. The van der Waals surface area contributed by atoms with Gasteiger partial charge >= 0.3 is 0 Å². The molecule has 11 rings (SSSR count). The summed E-state index contributed by atoms with van der Waals surface area (Å²) < 4.78 is 7.26. The normalized spacial score (nSPS) is 11.9. The summed E-state index contributed by atoms with van der Waals surface area (Å²) >= 11 is 0. The molecular formula is C48H31N3. The van der Waals surface area contributed by atoms with Crippen LogP contribution < -0.4 is 0 Å². The lowest BCUT2D eigenvalue weighted by Gasteiger charge is -2.12. The first-order valence-corrected chi connectivity index (χ1v) is 17.5. The summed E-state index contributed by atoms with van der Waals surface area (Å²) in [6, 6.07) is 68.4. The molecule has 3 heterocycles. The number of fused-ring (bicyclic) bond motifs is 9. The zero-order valence-corrected chi connectivity index (χ0v) is 27.7. The van der Waals surface area contributed by atoms with Crippen molar-refractivity contribution in [1.82, 2.24) is 13.7 Å². The molecule has 3 nitrogen and oxygen atoms in total. The van der Waals surface area contributed by atoms with E-state index in [1.165, 1.54) is 76.5 Å². The Kier molecular flexibility index (Phi) is 5.96. The summed E-state index contributed by atoms with van der Waals surface area (Å²) in [5.41, 5.74) is 13.1. The van der Waals surface area contributed by atoms with Crippen LogP contribution >= 0.6 is 0 Å². The fraction of sp³-hybridized carbons (Fsp3) is 0. The van der Waals surface area contributed by atoms with Crippen LogP contribution in [0.15, 0.2) is 188 Å². The van der Waals surface area contributed by atoms with Gasteiger partial charge in [-0.2, -0.15) is 0 Å². The first-order chi connectivity index (χ1) is 25.3. The largest absolute Gasteiger partial charge is 0.309 e. The molecule has 3 heteroatoms. The standard InChI is InChI=1S/C48H31N3/c1-3-13-32(14-4-1)33-23-25-35(26-24-33)49-43-20-10-7-17-37(43)40-29-36(27-28-46(40)49)51-45-22-12-9-19-39(45)42-30-41-38-18-8-11-21-44(38)50(47(41)31-48(42)51)34-15-5-2-6-16-34/h1-31H. The van der Waals surface area contributed by atoms with E-state index in [4.69, 9.17) is 0 Å². The van der Waals surface area contributed by atoms with E-state index in [2.05, 4.69) is 202 Å². The molecule has 0 amide bonds. The SMILES string of the molecule is c1ccc(-c2ccc(-n3c4ccccc4c4cc(-n5c6ccccc6c6cc7c8ccccc8n(-c8ccccc8)c7cc65)ccc43)cc2)cc1. The van der Waals surface area contributed by atoms with E-state index in [0.717, 1.165) is 17.1 Å². The molecule has 238 valence electrons. The van der Waals surface area contributed by atoms with Crippen molar-refractivity contribution in [3.63, 3.8) is 0 Å². The van der Waals surface area contributed by atoms with Crippen LogP contribution in [-0.2, 0) is 0 Å². The van der Waals surface area contributed by atoms with Gasteiger partial charge < -0.3 is 13.7 Å². The number of rotatable bonds is 4. The Balaban J connectivity index is 1.17. The summed E-state index contributed by atoms with van der Waals surface area (Å²) in [5, 5.41) is 7.53. The Labute approximate surface area is 294 Å². The predicted molar refractivity (Wildman–Crippen MR) is 215 cm³/mol. The molecule has 0 saturated heterocycles. The average Bonchev–Trinajstić information content (AvgIpc) is 3.83. The highest BCUT2D eigenvalue weighted by molar-refractivity contribution is 6.19. The highest BCUT2D eigenvalue weighted by Crippen LogP contribution is 2.41. The van der Waals surface area contributed by atoms with Crippen molar-refractivity contribution in [3.8, 4) is 28.2 Å². The smallest absolute Gasteiger partial charge is 0.0562 e. The van der Waals surface area contributed by atoms with Crippen LogP contribution in [0.3, 0.4) is 0 Å². The van der Waals surface area contributed by atoms with Gasteiger partial charge in [0.15, 0.2) is 0 Å². The third kappa shape index (κ3) is 4.12. The molecule has 0 spiro atoms. The highest BCUT2D eigenvalue weighted by atomic mass is 15.0. The van der Waals surface area contributed by atoms with Crippen molar-refractivity contribution in [2.45, 2.75) is 0 Å².